The zero-order chi connectivity index (χ0) is 28.4. The zero-order valence-corrected chi connectivity index (χ0v) is 23.6. The molecular weight excluding hydrogens is 522 g/mol. The van der Waals surface area contributed by atoms with Gasteiger partial charge in [0.15, 0.2) is 11.5 Å². The third-order valence-corrected chi connectivity index (χ3v) is 6.61. The Bertz CT molecular complexity index is 1280. The Morgan fingerprint density at radius 2 is 1.41 bits per heavy atom. The first-order chi connectivity index (χ1) is 18.8. The molecule has 0 fully saturated rings. The number of esters is 2. The minimum absolute atomic E-state index is 0.0695. The number of benzene rings is 2. The van der Waals surface area contributed by atoms with Crippen LogP contribution in [0.25, 0.3) is 0 Å². The number of amides is 1. The molecule has 9 nitrogen and oxygen atoms in total. The zero-order valence-electron chi connectivity index (χ0n) is 22.8. The monoisotopic (exact) mass is 555 g/mol. The molecule has 0 saturated carbocycles. The van der Waals surface area contributed by atoms with Crippen LogP contribution in [0.5, 0.6) is 17.2 Å². The molecule has 0 aliphatic heterocycles. The van der Waals surface area contributed by atoms with Gasteiger partial charge in [-0.3, -0.25) is 4.79 Å². The quantitative estimate of drug-likeness (QED) is 0.254. The van der Waals surface area contributed by atoms with E-state index in [4.69, 9.17) is 23.7 Å². The molecule has 208 valence electrons. The van der Waals surface area contributed by atoms with E-state index in [1.165, 1.54) is 0 Å². The highest BCUT2D eigenvalue weighted by Crippen LogP contribution is 2.40. The molecule has 1 aromatic heterocycles. The number of rotatable bonds is 13. The predicted molar refractivity (Wildman–Crippen MR) is 148 cm³/mol. The molecule has 39 heavy (non-hydrogen) atoms. The number of nitrogens with one attached hydrogen (secondary N) is 1. The maximum absolute atomic E-state index is 13.4. The molecule has 0 saturated heterocycles. The molecule has 0 aliphatic carbocycles. The standard InChI is InChI=1S/C29H33NO8S/c1-6-34-21-15-20(16-22(35-7-2)24(21)36-8-3)26(31)30-27-23(28(32)37-9-4)18(5)25(39-27)29(33)38-17-19-13-11-10-12-14-19/h10-16H,6-9,17H2,1-5H3,(H,30,31). The van der Waals surface area contributed by atoms with E-state index in [9.17, 15) is 14.4 Å². The van der Waals surface area contributed by atoms with E-state index in [1.807, 2.05) is 51.1 Å². The van der Waals surface area contributed by atoms with Crippen molar-refractivity contribution >= 4 is 34.2 Å². The first kappa shape index (κ1) is 29.5. The molecule has 10 heteroatoms. The average molecular weight is 556 g/mol. The van der Waals surface area contributed by atoms with Crippen molar-refractivity contribution in [2.24, 2.45) is 0 Å². The molecule has 0 spiro atoms. The lowest BCUT2D eigenvalue weighted by molar-refractivity contribution is 0.0477. The molecule has 1 heterocycles. The third-order valence-electron chi connectivity index (χ3n) is 5.42. The highest BCUT2D eigenvalue weighted by Gasteiger charge is 2.28. The Labute approximate surface area is 232 Å². The lowest BCUT2D eigenvalue weighted by Gasteiger charge is -2.17. The van der Waals surface area contributed by atoms with Crippen LogP contribution in [0.2, 0.25) is 0 Å². The van der Waals surface area contributed by atoms with Gasteiger partial charge in [0.25, 0.3) is 5.91 Å². The SMILES string of the molecule is CCOC(=O)c1c(NC(=O)c2cc(OCC)c(OCC)c(OCC)c2)sc(C(=O)OCc2ccccc2)c1C. The van der Waals surface area contributed by atoms with Crippen molar-refractivity contribution < 1.29 is 38.1 Å². The molecule has 0 radical (unpaired) electrons. The summed E-state index contributed by atoms with van der Waals surface area (Å²) >= 11 is 0.952. The van der Waals surface area contributed by atoms with Crippen LogP contribution in [0.1, 0.15) is 69.2 Å². The van der Waals surface area contributed by atoms with Gasteiger partial charge in [-0.1, -0.05) is 30.3 Å². The smallest absolute Gasteiger partial charge is 0.349 e. The molecule has 1 amide bonds. The van der Waals surface area contributed by atoms with Crippen LogP contribution in [0.4, 0.5) is 5.00 Å². The normalized spacial score (nSPS) is 10.5. The van der Waals surface area contributed by atoms with Crippen LogP contribution in [0.15, 0.2) is 42.5 Å². The summed E-state index contributed by atoms with van der Waals surface area (Å²) in [7, 11) is 0. The van der Waals surface area contributed by atoms with Gasteiger partial charge in [-0.15, -0.1) is 11.3 Å². The summed E-state index contributed by atoms with van der Waals surface area (Å²) in [4.78, 5) is 39.4. The summed E-state index contributed by atoms with van der Waals surface area (Å²) in [6, 6.07) is 12.3. The molecule has 1 N–H and O–H groups in total. The molecule has 0 aliphatic rings. The minimum Gasteiger partial charge on any atom is -0.490 e. The predicted octanol–water partition coefficient (Wildman–Crippen LogP) is 6.04. The van der Waals surface area contributed by atoms with E-state index in [0.717, 1.165) is 16.9 Å². The second-order valence-electron chi connectivity index (χ2n) is 8.10. The van der Waals surface area contributed by atoms with Gasteiger partial charge in [0, 0.05) is 5.56 Å². The van der Waals surface area contributed by atoms with E-state index in [-0.39, 0.29) is 34.2 Å². The number of carbonyl (C=O) groups excluding carboxylic acids is 3. The first-order valence-corrected chi connectivity index (χ1v) is 13.5. The van der Waals surface area contributed by atoms with Gasteiger partial charge >= 0.3 is 11.9 Å². The van der Waals surface area contributed by atoms with Crippen LogP contribution < -0.4 is 19.5 Å². The third kappa shape index (κ3) is 7.29. The number of thiophene rings is 1. The molecule has 2 aromatic carbocycles. The molecule has 3 rings (SSSR count). The number of ether oxygens (including phenoxy) is 5. The van der Waals surface area contributed by atoms with E-state index >= 15 is 0 Å². The molecule has 0 unspecified atom stereocenters. The maximum Gasteiger partial charge on any atom is 0.349 e. The van der Waals surface area contributed by atoms with Crippen molar-refractivity contribution in [2.75, 3.05) is 31.7 Å². The summed E-state index contributed by atoms with van der Waals surface area (Å²) in [6.07, 6.45) is 0. The van der Waals surface area contributed by atoms with Gasteiger partial charge in [0.2, 0.25) is 5.75 Å². The molecule has 0 atom stereocenters. The Kier molecular flexibility index (Phi) is 10.7. The topological polar surface area (TPSA) is 109 Å². The van der Waals surface area contributed by atoms with Crippen molar-refractivity contribution in [3.63, 3.8) is 0 Å². The number of carbonyl (C=O) groups is 3. The fourth-order valence-electron chi connectivity index (χ4n) is 3.73. The van der Waals surface area contributed by atoms with Crippen molar-refractivity contribution in [1.29, 1.82) is 0 Å². The second kappa shape index (κ2) is 14.2. The number of hydrogen-bond acceptors (Lipinski definition) is 9. The first-order valence-electron chi connectivity index (χ1n) is 12.7. The van der Waals surface area contributed by atoms with Crippen LogP contribution >= 0.6 is 11.3 Å². The van der Waals surface area contributed by atoms with E-state index in [1.54, 1.807) is 26.0 Å². The lowest BCUT2D eigenvalue weighted by atomic mass is 10.1. The van der Waals surface area contributed by atoms with E-state index < -0.39 is 17.8 Å². The van der Waals surface area contributed by atoms with Gasteiger partial charge in [0.1, 0.15) is 16.5 Å². The lowest BCUT2D eigenvalue weighted by Crippen LogP contribution is -2.15. The number of hydrogen-bond donors (Lipinski definition) is 1. The van der Waals surface area contributed by atoms with Gasteiger partial charge in [-0.2, -0.15) is 0 Å². The largest absolute Gasteiger partial charge is 0.490 e. The van der Waals surface area contributed by atoms with Crippen molar-refractivity contribution in [3.8, 4) is 17.2 Å². The van der Waals surface area contributed by atoms with Gasteiger partial charge < -0.3 is 29.0 Å². The fraction of sp³-hybridized carbons (Fsp3) is 0.345. The Morgan fingerprint density at radius 1 is 0.795 bits per heavy atom. The van der Waals surface area contributed by atoms with Crippen LogP contribution in [-0.2, 0) is 16.1 Å². The number of anilines is 1. The summed E-state index contributed by atoms with van der Waals surface area (Å²) in [5.41, 5.74) is 1.51. The van der Waals surface area contributed by atoms with Crippen LogP contribution in [-0.4, -0.2) is 44.3 Å². The minimum atomic E-state index is -0.652. The fourth-order valence-corrected chi connectivity index (χ4v) is 4.81. The summed E-state index contributed by atoms with van der Waals surface area (Å²) in [5.74, 6) is -0.676. The molecular formula is C29H33NO8S. The van der Waals surface area contributed by atoms with Crippen molar-refractivity contribution in [2.45, 2.75) is 41.2 Å². The van der Waals surface area contributed by atoms with Crippen molar-refractivity contribution in [3.05, 3.63) is 69.6 Å². The Morgan fingerprint density at radius 3 is 1.97 bits per heavy atom. The van der Waals surface area contributed by atoms with Crippen LogP contribution in [0.3, 0.4) is 0 Å². The summed E-state index contributed by atoms with van der Waals surface area (Å²) < 4.78 is 27.8. The van der Waals surface area contributed by atoms with Gasteiger partial charge in [0.05, 0.1) is 32.0 Å². The highest BCUT2D eigenvalue weighted by atomic mass is 32.1. The Hall–Kier alpha value is -4.05. The second-order valence-corrected chi connectivity index (χ2v) is 9.12. The van der Waals surface area contributed by atoms with Gasteiger partial charge in [-0.05, 0) is 57.9 Å². The molecule has 0 bridgehead atoms. The maximum atomic E-state index is 13.4. The van der Waals surface area contributed by atoms with Crippen LogP contribution in [0, 0.1) is 6.92 Å². The van der Waals surface area contributed by atoms with Gasteiger partial charge in [-0.25, -0.2) is 9.59 Å². The summed E-state index contributed by atoms with van der Waals surface area (Å²) in [5, 5.41) is 2.94. The Balaban J connectivity index is 1.95. The highest BCUT2D eigenvalue weighted by molar-refractivity contribution is 7.18. The average Bonchev–Trinajstić information content (AvgIpc) is 3.25. The summed E-state index contributed by atoms with van der Waals surface area (Å²) in [6.45, 7) is 10.1. The van der Waals surface area contributed by atoms with Crippen molar-refractivity contribution in [1.82, 2.24) is 0 Å². The van der Waals surface area contributed by atoms with E-state index in [2.05, 4.69) is 5.32 Å². The molecule has 3 aromatic rings. The van der Waals surface area contributed by atoms with E-state index in [0.29, 0.717) is 42.6 Å².